The molecule has 0 unspecified atom stereocenters. The summed E-state index contributed by atoms with van der Waals surface area (Å²) in [6, 6.07) is 16.7. The Labute approximate surface area is 196 Å². The number of nitrogens with two attached hydrogens (primary N) is 1. The molecule has 0 atom stereocenters. The minimum absolute atomic E-state index is 0.106. The number of anilines is 1. The van der Waals surface area contributed by atoms with Crippen LogP contribution in [0.2, 0.25) is 0 Å². The monoisotopic (exact) mass is 453 g/mol. The summed E-state index contributed by atoms with van der Waals surface area (Å²) < 4.78 is 1.67. The third kappa shape index (κ3) is 4.47. The molecule has 4 aromatic rings. The molecule has 3 aromatic heterocycles. The molecule has 1 aliphatic heterocycles. The summed E-state index contributed by atoms with van der Waals surface area (Å²) in [6.07, 6.45) is 3.03. The van der Waals surface area contributed by atoms with Crippen molar-refractivity contribution in [3.8, 4) is 28.7 Å². The molecule has 0 radical (unpaired) electrons. The number of aliphatic hydroxyl groups is 1. The van der Waals surface area contributed by atoms with Gasteiger partial charge in [0.25, 0.3) is 0 Å². The maximum absolute atomic E-state index is 11.0. The van der Waals surface area contributed by atoms with Gasteiger partial charge in [-0.3, -0.25) is 4.98 Å². The highest BCUT2D eigenvalue weighted by atomic mass is 16.3. The third-order valence-corrected chi connectivity index (χ3v) is 5.87. The van der Waals surface area contributed by atoms with E-state index < -0.39 is 5.60 Å². The van der Waals surface area contributed by atoms with Crippen molar-refractivity contribution in [2.24, 2.45) is 0 Å². The second-order valence-electron chi connectivity index (χ2n) is 8.29. The SMILES string of the molecule is N#Cc1cccc(-c2cc(-c3cn(Cc4cccc(C5(O)CCNCC5)n4)nn3)nc(N)n2)c1. The molecule has 4 heterocycles. The standard InChI is InChI=1S/C24H23N9O/c25-13-16-3-1-4-17(11-16)19-12-20(30-23(26)29-19)21-15-33(32-31-21)14-18-5-2-6-22(28-18)24(34)7-9-27-10-8-24/h1-6,11-12,15,27,34H,7-10,14H2,(H2,26,29,30). The van der Waals surface area contributed by atoms with Crippen molar-refractivity contribution in [1.82, 2.24) is 35.3 Å². The zero-order valence-corrected chi connectivity index (χ0v) is 18.4. The molecular weight excluding hydrogens is 430 g/mol. The Hall–Kier alpha value is -4.20. The summed E-state index contributed by atoms with van der Waals surface area (Å²) in [5, 5.41) is 31.9. The fourth-order valence-corrected chi connectivity index (χ4v) is 4.08. The average molecular weight is 454 g/mol. The van der Waals surface area contributed by atoms with Gasteiger partial charge in [-0.2, -0.15) is 5.26 Å². The van der Waals surface area contributed by atoms with Crippen LogP contribution in [-0.2, 0) is 12.1 Å². The lowest BCUT2D eigenvalue weighted by molar-refractivity contribution is 0.00169. The van der Waals surface area contributed by atoms with Gasteiger partial charge in [0, 0.05) is 5.56 Å². The molecule has 34 heavy (non-hydrogen) atoms. The van der Waals surface area contributed by atoms with Crippen LogP contribution in [-0.4, -0.2) is 48.1 Å². The molecule has 10 heteroatoms. The van der Waals surface area contributed by atoms with Crippen LogP contribution in [0.5, 0.6) is 0 Å². The molecule has 5 rings (SSSR count). The van der Waals surface area contributed by atoms with E-state index in [4.69, 9.17) is 10.7 Å². The summed E-state index contributed by atoms with van der Waals surface area (Å²) in [7, 11) is 0. The first-order valence-electron chi connectivity index (χ1n) is 11.0. The Morgan fingerprint density at radius 1 is 1.03 bits per heavy atom. The number of nitrogen functional groups attached to an aromatic ring is 1. The number of piperidine rings is 1. The second kappa shape index (κ2) is 8.97. The number of pyridine rings is 1. The third-order valence-electron chi connectivity index (χ3n) is 5.87. The molecule has 0 bridgehead atoms. The van der Waals surface area contributed by atoms with Crippen LogP contribution in [0.1, 0.15) is 29.8 Å². The molecule has 0 saturated carbocycles. The van der Waals surface area contributed by atoms with Crippen molar-refractivity contribution in [2.75, 3.05) is 18.8 Å². The summed E-state index contributed by atoms with van der Waals surface area (Å²) in [4.78, 5) is 13.3. The van der Waals surface area contributed by atoms with Gasteiger partial charge in [0.15, 0.2) is 0 Å². The van der Waals surface area contributed by atoms with Crippen LogP contribution in [0.15, 0.2) is 54.7 Å². The van der Waals surface area contributed by atoms with Gasteiger partial charge in [-0.1, -0.05) is 23.4 Å². The summed E-state index contributed by atoms with van der Waals surface area (Å²) >= 11 is 0. The van der Waals surface area contributed by atoms with Crippen LogP contribution in [0.25, 0.3) is 22.6 Å². The van der Waals surface area contributed by atoms with Crippen LogP contribution in [0.3, 0.4) is 0 Å². The summed E-state index contributed by atoms with van der Waals surface area (Å²) in [5.41, 5.74) is 9.46. The van der Waals surface area contributed by atoms with E-state index in [9.17, 15) is 10.4 Å². The van der Waals surface area contributed by atoms with Crippen molar-refractivity contribution in [3.63, 3.8) is 0 Å². The highest BCUT2D eigenvalue weighted by Gasteiger charge is 2.32. The number of nitrogens with zero attached hydrogens (tertiary/aromatic N) is 7. The van der Waals surface area contributed by atoms with Crippen molar-refractivity contribution < 1.29 is 5.11 Å². The minimum atomic E-state index is -0.910. The van der Waals surface area contributed by atoms with Gasteiger partial charge in [-0.05, 0) is 56.3 Å². The Kier molecular flexibility index (Phi) is 5.71. The lowest BCUT2D eigenvalue weighted by Gasteiger charge is -2.32. The Bertz CT molecular complexity index is 1370. The van der Waals surface area contributed by atoms with Crippen molar-refractivity contribution >= 4 is 5.95 Å². The van der Waals surface area contributed by atoms with E-state index in [1.54, 1.807) is 35.1 Å². The van der Waals surface area contributed by atoms with Gasteiger partial charge >= 0.3 is 0 Å². The van der Waals surface area contributed by atoms with E-state index in [1.807, 2.05) is 24.3 Å². The number of benzene rings is 1. The highest BCUT2D eigenvalue weighted by Crippen LogP contribution is 2.29. The van der Waals surface area contributed by atoms with Gasteiger partial charge < -0.3 is 16.2 Å². The van der Waals surface area contributed by atoms with E-state index in [-0.39, 0.29) is 5.95 Å². The van der Waals surface area contributed by atoms with Gasteiger partial charge in [0.1, 0.15) is 11.3 Å². The van der Waals surface area contributed by atoms with Crippen LogP contribution >= 0.6 is 0 Å². The van der Waals surface area contributed by atoms with Crippen LogP contribution in [0.4, 0.5) is 5.95 Å². The number of nitriles is 1. The molecule has 0 aliphatic carbocycles. The normalized spacial score (nSPS) is 15.1. The number of rotatable bonds is 5. The topological polar surface area (TPSA) is 151 Å². The highest BCUT2D eigenvalue weighted by molar-refractivity contribution is 5.68. The molecule has 1 fully saturated rings. The first kappa shape index (κ1) is 21.6. The molecule has 10 nitrogen and oxygen atoms in total. The van der Waals surface area contributed by atoms with E-state index in [1.165, 1.54) is 0 Å². The number of hydrogen-bond donors (Lipinski definition) is 3. The van der Waals surface area contributed by atoms with Crippen molar-refractivity contribution in [3.05, 3.63) is 71.7 Å². The quantitative estimate of drug-likeness (QED) is 0.411. The molecule has 0 spiro atoms. The second-order valence-corrected chi connectivity index (χ2v) is 8.29. The van der Waals surface area contributed by atoms with Crippen LogP contribution < -0.4 is 11.1 Å². The Morgan fingerprint density at radius 2 is 1.82 bits per heavy atom. The van der Waals surface area contributed by atoms with Gasteiger partial charge in [-0.25, -0.2) is 14.6 Å². The van der Waals surface area contributed by atoms with Crippen molar-refractivity contribution in [1.29, 1.82) is 5.26 Å². The lowest BCUT2D eigenvalue weighted by Crippen LogP contribution is -2.40. The molecule has 1 saturated heterocycles. The Balaban J connectivity index is 1.39. The number of hydrogen-bond acceptors (Lipinski definition) is 9. The molecule has 1 aliphatic rings. The fourth-order valence-electron chi connectivity index (χ4n) is 4.08. The van der Waals surface area contributed by atoms with Crippen LogP contribution in [0, 0.1) is 11.3 Å². The molecule has 0 amide bonds. The minimum Gasteiger partial charge on any atom is -0.383 e. The maximum Gasteiger partial charge on any atom is 0.221 e. The molecule has 4 N–H and O–H groups in total. The zero-order chi connectivity index (χ0) is 23.5. The average Bonchev–Trinajstić information content (AvgIpc) is 3.33. The van der Waals surface area contributed by atoms with Gasteiger partial charge in [0.2, 0.25) is 5.95 Å². The van der Waals surface area contributed by atoms with E-state index in [2.05, 4.69) is 31.7 Å². The van der Waals surface area contributed by atoms with Gasteiger partial charge in [0.05, 0.1) is 47.1 Å². The molecule has 1 aromatic carbocycles. The van der Waals surface area contributed by atoms with E-state index in [0.717, 1.165) is 24.3 Å². The van der Waals surface area contributed by atoms with E-state index >= 15 is 0 Å². The maximum atomic E-state index is 11.0. The number of nitrogens with one attached hydrogen (secondary N) is 1. The van der Waals surface area contributed by atoms with E-state index in [0.29, 0.717) is 47.7 Å². The molecular formula is C24H23N9O. The number of aromatic nitrogens is 6. The first-order chi connectivity index (χ1) is 16.5. The van der Waals surface area contributed by atoms with Gasteiger partial charge in [-0.15, -0.1) is 5.10 Å². The summed E-state index contributed by atoms with van der Waals surface area (Å²) in [5.74, 6) is 0.106. The summed E-state index contributed by atoms with van der Waals surface area (Å²) in [6.45, 7) is 1.92. The molecule has 170 valence electrons. The predicted molar refractivity (Wildman–Crippen MR) is 125 cm³/mol. The largest absolute Gasteiger partial charge is 0.383 e. The smallest absolute Gasteiger partial charge is 0.221 e. The van der Waals surface area contributed by atoms with Crippen molar-refractivity contribution in [2.45, 2.75) is 25.0 Å². The zero-order valence-electron chi connectivity index (χ0n) is 18.4. The Morgan fingerprint density at radius 3 is 2.65 bits per heavy atom. The predicted octanol–water partition coefficient (Wildman–Crippen LogP) is 1.87. The lowest BCUT2D eigenvalue weighted by atomic mass is 9.88. The fraction of sp³-hybridized carbons (Fsp3) is 0.250. The first-order valence-corrected chi connectivity index (χ1v) is 11.0.